The molecule has 0 N–H and O–H groups in total. The molecule has 0 bridgehead atoms. The van der Waals surface area contributed by atoms with Crippen molar-refractivity contribution in [2.24, 2.45) is 5.41 Å². The number of hydrogen-bond acceptors (Lipinski definition) is 2. The van der Waals surface area contributed by atoms with E-state index in [9.17, 15) is 4.79 Å². The molecule has 0 spiro atoms. The van der Waals surface area contributed by atoms with Crippen LogP contribution in [0.1, 0.15) is 74.6 Å². The normalized spacial score (nSPS) is 16.3. The van der Waals surface area contributed by atoms with Crippen molar-refractivity contribution in [3.63, 3.8) is 0 Å². The molecule has 2 heteroatoms. The molecular formula is C14H30O2. The van der Waals surface area contributed by atoms with Gasteiger partial charge in [-0.15, -0.1) is 0 Å². The number of carbonyl (C=O) groups is 2. The van der Waals surface area contributed by atoms with Crippen LogP contribution < -0.4 is 0 Å². The summed E-state index contributed by atoms with van der Waals surface area (Å²) in [4.78, 5) is 18.2. The number of Topliss-reactive ketones (excluding diaryl/α,β-unsaturated/α-hetero) is 1. The van der Waals surface area contributed by atoms with E-state index >= 15 is 0 Å². The first-order valence-corrected chi connectivity index (χ1v) is 6.35. The van der Waals surface area contributed by atoms with Crippen LogP contribution in [0.2, 0.25) is 0 Å². The Morgan fingerprint density at radius 3 is 1.56 bits per heavy atom. The van der Waals surface area contributed by atoms with Crippen molar-refractivity contribution in [2.45, 2.75) is 73.1 Å². The van der Waals surface area contributed by atoms with Gasteiger partial charge in [0, 0.05) is 1.43 Å². The molecule has 0 unspecified atom stereocenters. The van der Waals surface area contributed by atoms with E-state index in [0.717, 1.165) is 11.7 Å². The SMILES string of the molecule is CC(C)=O.CC=O.CCC1(CC)CCCC1.[HH]. The maximum absolute atomic E-state index is 9.44. The molecule has 0 radical (unpaired) electrons. The molecule has 1 fully saturated rings. The van der Waals surface area contributed by atoms with E-state index in [4.69, 9.17) is 4.79 Å². The molecule has 1 saturated carbocycles. The van der Waals surface area contributed by atoms with Gasteiger partial charge in [-0.1, -0.05) is 39.5 Å². The van der Waals surface area contributed by atoms with E-state index in [1.807, 2.05) is 0 Å². The van der Waals surface area contributed by atoms with Gasteiger partial charge < -0.3 is 9.59 Å². The van der Waals surface area contributed by atoms with E-state index in [1.165, 1.54) is 59.3 Å². The summed E-state index contributed by atoms with van der Waals surface area (Å²) in [5.41, 5.74) is 0.778. The number of hydrogen-bond donors (Lipinski definition) is 0. The first-order chi connectivity index (χ1) is 7.47. The van der Waals surface area contributed by atoms with Crippen molar-refractivity contribution < 1.29 is 11.0 Å². The molecule has 0 aromatic rings. The van der Waals surface area contributed by atoms with Gasteiger partial charge in [-0.3, -0.25) is 0 Å². The van der Waals surface area contributed by atoms with Gasteiger partial charge in [0.1, 0.15) is 12.1 Å². The highest BCUT2D eigenvalue weighted by Crippen LogP contribution is 2.43. The van der Waals surface area contributed by atoms with E-state index in [2.05, 4.69) is 13.8 Å². The lowest BCUT2D eigenvalue weighted by atomic mass is 9.81. The molecular weight excluding hydrogens is 200 g/mol. The monoisotopic (exact) mass is 230 g/mol. The third kappa shape index (κ3) is 9.88. The smallest absolute Gasteiger partial charge is 0.126 e. The lowest BCUT2D eigenvalue weighted by molar-refractivity contribution is -0.115. The van der Waals surface area contributed by atoms with Crippen molar-refractivity contribution in [2.75, 3.05) is 0 Å². The lowest BCUT2D eigenvalue weighted by Crippen LogP contribution is -2.12. The van der Waals surface area contributed by atoms with Crippen molar-refractivity contribution in [1.82, 2.24) is 0 Å². The van der Waals surface area contributed by atoms with Gasteiger partial charge in [-0.05, 0) is 39.0 Å². The molecule has 2 nitrogen and oxygen atoms in total. The maximum atomic E-state index is 9.44. The molecule has 16 heavy (non-hydrogen) atoms. The zero-order chi connectivity index (χ0) is 13.0. The Hall–Kier alpha value is -0.660. The molecule has 1 aliphatic rings. The van der Waals surface area contributed by atoms with Crippen LogP contribution in [0.3, 0.4) is 0 Å². The van der Waals surface area contributed by atoms with Crippen molar-refractivity contribution in [3.05, 3.63) is 0 Å². The second-order valence-corrected chi connectivity index (χ2v) is 4.56. The highest BCUT2D eigenvalue weighted by atomic mass is 16.1. The van der Waals surface area contributed by atoms with Crippen LogP contribution in [0, 0.1) is 5.41 Å². The molecule has 1 aliphatic carbocycles. The van der Waals surface area contributed by atoms with Gasteiger partial charge in [-0.25, -0.2) is 0 Å². The third-order valence-electron chi connectivity index (χ3n) is 3.16. The summed E-state index contributed by atoms with van der Waals surface area (Å²) in [6, 6.07) is 0. The second kappa shape index (κ2) is 10.8. The molecule has 0 aromatic carbocycles. The Bertz CT molecular complexity index is 175. The van der Waals surface area contributed by atoms with Crippen LogP contribution in [-0.2, 0) is 9.59 Å². The first-order valence-electron chi connectivity index (χ1n) is 6.35. The zero-order valence-electron chi connectivity index (χ0n) is 11.6. The second-order valence-electron chi connectivity index (χ2n) is 4.56. The average Bonchev–Trinajstić information content (AvgIpc) is 2.67. The fourth-order valence-corrected chi connectivity index (χ4v) is 2.08. The summed E-state index contributed by atoms with van der Waals surface area (Å²) in [5, 5.41) is 0. The summed E-state index contributed by atoms with van der Waals surface area (Å²) in [6.45, 7) is 9.18. The van der Waals surface area contributed by atoms with E-state index in [1.54, 1.807) is 0 Å². The van der Waals surface area contributed by atoms with Crippen LogP contribution in [0.15, 0.2) is 0 Å². The summed E-state index contributed by atoms with van der Waals surface area (Å²) in [6.07, 6.45) is 9.54. The lowest BCUT2D eigenvalue weighted by Gasteiger charge is -2.24. The van der Waals surface area contributed by atoms with Gasteiger partial charge in [0.25, 0.3) is 0 Å². The molecule has 0 heterocycles. The molecule has 98 valence electrons. The van der Waals surface area contributed by atoms with Crippen LogP contribution >= 0.6 is 0 Å². The molecule has 0 aliphatic heterocycles. The Morgan fingerprint density at radius 2 is 1.44 bits per heavy atom. The number of rotatable bonds is 2. The summed E-state index contributed by atoms with van der Waals surface area (Å²) >= 11 is 0. The van der Waals surface area contributed by atoms with Crippen molar-refractivity contribution in [1.29, 1.82) is 0 Å². The number of aldehydes is 1. The molecule has 0 atom stereocenters. The van der Waals surface area contributed by atoms with E-state index < -0.39 is 0 Å². The van der Waals surface area contributed by atoms with Crippen LogP contribution in [0.5, 0.6) is 0 Å². The topological polar surface area (TPSA) is 34.1 Å². The summed E-state index contributed by atoms with van der Waals surface area (Å²) in [5.74, 6) is 0.167. The molecule has 1 rings (SSSR count). The Labute approximate surface area is 102 Å². The standard InChI is InChI=1S/C9H18.C3H6O.C2H4O.H2/c1-3-9(4-2)7-5-6-8-9;1-3(2)4;1-2-3;/h3-8H2,1-2H3;1-2H3;2H,1H3;1H. The fraction of sp³-hybridized carbons (Fsp3) is 0.857. The van der Waals surface area contributed by atoms with E-state index in [0.29, 0.717) is 0 Å². The van der Waals surface area contributed by atoms with Gasteiger partial charge in [-0.2, -0.15) is 0 Å². The van der Waals surface area contributed by atoms with Crippen molar-refractivity contribution >= 4 is 12.1 Å². The Kier molecular flexibility index (Phi) is 12.0. The van der Waals surface area contributed by atoms with Crippen LogP contribution in [0.25, 0.3) is 0 Å². The zero-order valence-corrected chi connectivity index (χ0v) is 11.6. The Morgan fingerprint density at radius 1 is 1.19 bits per heavy atom. The van der Waals surface area contributed by atoms with Gasteiger partial charge >= 0.3 is 0 Å². The summed E-state index contributed by atoms with van der Waals surface area (Å²) < 4.78 is 0. The largest absolute Gasteiger partial charge is 0.304 e. The minimum atomic E-state index is 0. The van der Waals surface area contributed by atoms with Gasteiger partial charge in [0.2, 0.25) is 0 Å². The molecule has 0 aromatic heterocycles. The van der Waals surface area contributed by atoms with Crippen LogP contribution in [-0.4, -0.2) is 12.1 Å². The van der Waals surface area contributed by atoms with Crippen molar-refractivity contribution in [3.8, 4) is 0 Å². The first kappa shape index (κ1) is 17.7. The molecule has 0 saturated heterocycles. The van der Waals surface area contributed by atoms with Gasteiger partial charge in [0.05, 0.1) is 0 Å². The maximum Gasteiger partial charge on any atom is 0.126 e. The number of ketones is 1. The predicted octanol–water partition coefficient (Wildman–Crippen LogP) is 4.41. The number of carbonyl (C=O) groups excluding carboxylic acids is 2. The average molecular weight is 230 g/mol. The van der Waals surface area contributed by atoms with E-state index in [-0.39, 0.29) is 7.21 Å². The third-order valence-corrected chi connectivity index (χ3v) is 3.16. The fourth-order valence-electron chi connectivity index (χ4n) is 2.08. The van der Waals surface area contributed by atoms with Crippen LogP contribution in [0.4, 0.5) is 0 Å². The minimum absolute atomic E-state index is 0. The predicted molar refractivity (Wildman–Crippen MR) is 71.7 cm³/mol. The molecule has 0 amide bonds. The summed E-state index contributed by atoms with van der Waals surface area (Å²) in [7, 11) is 0. The Balaban J connectivity index is -0.000000210. The highest BCUT2D eigenvalue weighted by Gasteiger charge is 2.29. The highest BCUT2D eigenvalue weighted by molar-refractivity contribution is 5.72. The quantitative estimate of drug-likeness (QED) is 0.658. The minimum Gasteiger partial charge on any atom is -0.304 e. The van der Waals surface area contributed by atoms with Gasteiger partial charge in [0.15, 0.2) is 0 Å².